The highest BCUT2D eigenvalue weighted by Crippen LogP contribution is 2.41. The Morgan fingerprint density at radius 1 is 1.33 bits per heavy atom. The summed E-state index contributed by atoms with van der Waals surface area (Å²) >= 11 is 0. The molecule has 4 aliphatic rings. The van der Waals surface area contributed by atoms with Crippen LogP contribution in [0.3, 0.4) is 0 Å². The summed E-state index contributed by atoms with van der Waals surface area (Å²) in [5.74, 6) is -0.393. The standard InChI is InChI=1S/C10H13NO2.C7H6.H3N/c12-10(13)8-5-1-3-7-4-2-6-11-9(7)8;1-5-6-3-2-4-7(5)6;/h1,5,7,11H,2-4,6H2,(H,12,13);2-4H,1H3;1H3. The molecule has 1 atom stereocenters. The number of nitrogens with one attached hydrogen (secondary N) is 1. The SMILES string of the molecule is Cc1c2cccc1-2.N.O=C(O)C1=C2NCCCC2CC=C1. The maximum absolute atomic E-state index is 10.9. The zero-order chi connectivity index (χ0) is 14.1. The van der Waals surface area contributed by atoms with Gasteiger partial charge in [-0.2, -0.15) is 0 Å². The predicted molar refractivity (Wildman–Crippen MR) is 84.3 cm³/mol. The van der Waals surface area contributed by atoms with Gasteiger partial charge in [-0.25, -0.2) is 4.79 Å². The largest absolute Gasteiger partial charge is 0.478 e. The number of aryl methyl sites for hydroxylation is 1. The number of hydrogen-bond acceptors (Lipinski definition) is 3. The highest BCUT2D eigenvalue weighted by atomic mass is 16.4. The van der Waals surface area contributed by atoms with Crippen LogP contribution in [0.25, 0.3) is 11.1 Å². The van der Waals surface area contributed by atoms with Gasteiger partial charge in [0.2, 0.25) is 0 Å². The molecule has 1 unspecified atom stereocenters. The van der Waals surface area contributed by atoms with Gasteiger partial charge in [0.05, 0.1) is 5.57 Å². The van der Waals surface area contributed by atoms with Crippen molar-refractivity contribution in [3.63, 3.8) is 0 Å². The fourth-order valence-corrected chi connectivity index (χ4v) is 3.03. The minimum Gasteiger partial charge on any atom is -0.478 e. The van der Waals surface area contributed by atoms with Gasteiger partial charge in [0.25, 0.3) is 0 Å². The number of piperidine rings is 1. The van der Waals surface area contributed by atoms with Crippen LogP contribution in [0.2, 0.25) is 0 Å². The van der Waals surface area contributed by atoms with E-state index in [1.54, 1.807) is 6.08 Å². The highest BCUT2D eigenvalue weighted by molar-refractivity contribution is 5.91. The third-order valence-corrected chi connectivity index (χ3v) is 4.24. The van der Waals surface area contributed by atoms with Gasteiger partial charge in [0.1, 0.15) is 0 Å². The lowest BCUT2D eigenvalue weighted by Gasteiger charge is -2.29. The Morgan fingerprint density at radius 2 is 2.05 bits per heavy atom. The van der Waals surface area contributed by atoms with Gasteiger partial charge in [-0.15, -0.1) is 0 Å². The molecule has 3 aliphatic carbocycles. The maximum Gasteiger partial charge on any atom is 0.337 e. The monoisotopic (exact) mass is 286 g/mol. The fourth-order valence-electron chi connectivity index (χ4n) is 3.03. The van der Waals surface area contributed by atoms with Gasteiger partial charge >= 0.3 is 5.97 Å². The van der Waals surface area contributed by atoms with E-state index in [1.165, 1.54) is 16.7 Å². The lowest BCUT2D eigenvalue weighted by Crippen LogP contribution is -2.31. The van der Waals surface area contributed by atoms with Crippen molar-refractivity contribution in [1.29, 1.82) is 0 Å². The number of carboxylic acid groups (broad SMARTS) is 1. The van der Waals surface area contributed by atoms with E-state index < -0.39 is 5.97 Å². The molecule has 0 saturated carbocycles. The predicted octanol–water partition coefficient (Wildman–Crippen LogP) is 3.42. The normalized spacial score (nSPS) is 20.3. The third kappa shape index (κ3) is 3.00. The number of allylic oxidation sites excluding steroid dienone is 2. The first-order chi connectivity index (χ1) is 9.68. The Hall–Kier alpha value is -2.07. The number of aliphatic carboxylic acids is 1. The molecule has 0 radical (unpaired) electrons. The minimum absolute atomic E-state index is 0. The van der Waals surface area contributed by atoms with E-state index >= 15 is 0 Å². The molecular formula is C17H22N2O2. The molecule has 0 aromatic rings. The first-order valence-electron chi connectivity index (χ1n) is 7.16. The zero-order valence-corrected chi connectivity index (χ0v) is 12.4. The summed E-state index contributed by atoms with van der Waals surface area (Å²) in [6.07, 6.45) is 6.93. The van der Waals surface area contributed by atoms with Crippen LogP contribution in [0.5, 0.6) is 0 Å². The molecule has 0 bridgehead atoms. The number of carboxylic acids is 1. The van der Waals surface area contributed by atoms with Crippen LogP contribution in [-0.2, 0) is 4.79 Å². The van der Waals surface area contributed by atoms with Crippen molar-refractivity contribution in [2.45, 2.75) is 26.2 Å². The molecule has 4 rings (SSSR count). The van der Waals surface area contributed by atoms with Gasteiger partial charge in [0.15, 0.2) is 0 Å². The molecular weight excluding hydrogens is 264 g/mol. The molecule has 1 heterocycles. The van der Waals surface area contributed by atoms with Gasteiger partial charge in [0, 0.05) is 18.2 Å². The Balaban J connectivity index is 0.000000170. The van der Waals surface area contributed by atoms with Crippen molar-refractivity contribution >= 4 is 5.97 Å². The van der Waals surface area contributed by atoms with Crippen LogP contribution in [0, 0.1) is 12.8 Å². The quantitative estimate of drug-likeness (QED) is 0.750. The number of rotatable bonds is 1. The van der Waals surface area contributed by atoms with E-state index in [0.29, 0.717) is 11.5 Å². The van der Waals surface area contributed by atoms with Crippen LogP contribution in [0.1, 0.15) is 24.8 Å². The Labute approximate surface area is 125 Å². The highest BCUT2D eigenvalue weighted by Gasteiger charge is 2.25. The second-order valence-electron chi connectivity index (χ2n) is 5.51. The second kappa shape index (κ2) is 6.14. The Kier molecular flexibility index (Phi) is 4.48. The topological polar surface area (TPSA) is 84.3 Å². The molecule has 0 amide bonds. The summed E-state index contributed by atoms with van der Waals surface area (Å²) < 4.78 is 0. The number of hydrogen-bond donors (Lipinski definition) is 3. The fraction of sp³-hybridized carbons (Fsp3) is 0.353. The van der Waals surface area contributed by atoms with Crippen LogP contribution in [0.4, 0.5) is 0 Å². The number of benzene rings is 1. The van der Waals surface area contributed by atoms with E-state index in [1.807, 2.05) is 6.08 Å². The van der Waals surface area contributed by atoms with Gasteiger partial charge in [-0.05, 0) is 49.0 Å². The smallest absolute Gasteiger partial charge is 0.337 e. The maximum atomic E-state index is 10.9. The molecule has 112 valence electrons. The number of carbonyl (C=O) groups is 1. The van der Waals surface area contributed by atoms with Crippen molar-refractivity contribution in [3.8, 4) is 11.1 Å². The lowest BCUT2D eigenvalue weighted by molar-refractivity contribution is -0.132. The molecule has 5 N–H and O–H groups in total. The Bertz CT molecular complexity index is 597. The van der Waals surface area contributed by atoms with Crippen molar-refractivity contribution in [3.05, 3.63) is 47.2 Å². The summed E-state index contributed by atoms with van der Waals surface area (Å²) in [5, 5.41) is 12.1. The third-order valence-electron chi connectivity index (χ3n) is 4.24. The van der Waals surface area contributed by atoms with Crippen molar-refractivity contribution in [2.24, 2.45) is 5.92 Å². The molecule has 0 aromatic heterocycles. The lowest BCUT2D eigenvalue weighted by atomic mass is 9.86. The summed E-state index contributed by atoms with van der Waals surface area (Å²) in [6.45, 7) is 3.07. The molecule has 4 nitrogen and oxygen atoms in total. The first kappa shape index (κ1) is 15.3. The molecule has 1 fully saturated rings. The van der Waals surface area contributed by atoms with E-state index in [4.69, 9.17) is 5.11 Å². The second-order valence-corrected chi connectivity index (χ2v) is 5.51. The molecule has 1 saturated heterocycles. The molecule has 21 heavy (non-hydrogen) atoms. The molecule has 1 aliphatic heterocycles. The first-order valence-corrected chi connectivity index (χ1v) is 7.16. The van der Waals surface area contributed by atoms with Gasteiger partial charge in [-0.3, -0.25) is 0 Å². The average molecular weight is 286 g/mol. The van der Waals surface area contributed by atoms with Crippen LogP contribution in [-0.4, -0.2) is 17.6 Å². The van der Waals surface area contributed by atoms with Crippen LogP contribution in [0.15, 0.2) is 41.6 Å². The minimum atomic E-state index is -0.814. The Morgan fingerprint density at radius 3 is 2.62 bits per heavy atom. The van der Waals surface area contributed by atoms with Crippen LogP contribution >= 0.6 is 0 Å². The number of fused-ring (bicyclic) bond motifs is 2. The summed E-state index contributed by atoms with van der Waals surface area (Å²) in [6, 6.07) is 6.41. The summed E-state index contributed by atoms with van der Waals surface area (Å²) in [5.41, 5.74) is 5.83. The van der Waals surface area contributed by atoms with E-state index in [0.717, 1.165) is 31.5 Å². The van der Waals surface area contributed by atoms with Crippen molar-refractivity contribution < 1.29 is 9.90 Å². The van der Waals surface area contributed by atoms with E-state index in [2.05, 4.69) is 30.4 Å². The van der Waals surface area contributed by atoms with Crippen LogP contribution < -0.4 is 11.5 Å². The molecule has 0 spiro atoms. The summed E-state index contributed by atoms with van der Waals surface area (Å²) in [7, 11) is 0. The van der Waals surface area contributed by atoms with E-state index in [9.17, 15) is 4.79 Å². The zero-order valence-electron chi connectivity index (χ0n) is 12.4. The molecule has 0 aromatic carbocycles. The van der Waals surface area contributed by atoms with Crippen molar-refractivity contribution in [2.75, 3.05) is 6.54 Å². The average Bonchev–Trinajstić information content (AvgIpc) is 2.90. The van der Waals surface area contributed by atoms with E-state index in [-0.39, 0.29) is 6.15 Å². The van der Waals surface area contributed by atoms with Gasteiger partial charge in [-0.1, -0.05) is 24.3 Å². The summed E-state index contributed by atoms with van der Waals surface area (Å²) in [4.78, 5) is 10.9. The molecule has 4 heteroatoms. The van der Waals surface area contributed by atoms with Crippen molar-refractivity contribution in [1.82, 2.24) is 11.5 Å². The van der Waals surface area contributed by atoms with Gasteiger partial charge < -0.3 is 16.6 Å².